The summed E-state index contributed by atoms with van der Waals surface area (Å²) < 4.78 is 0. The molecule has 1 aliphatic heterocycles. The van der Waals surface area contributed by atoms with Gasteiger partial charge in [0.25, 0.3) is 0 Å². The van der Waals surface area contributed by atoms with E-state index in [0.29, 0.717) is 0 Å². The van der Waals surface area contributed by atoms with Gasteiger partial charge in [-0.05, 0) is 6.42 Å². The SMILES string of the molecule is CN(C)/C=C1/CCNC1=O. The highest BCUT2D eigenvalue weighted by atomic mass is 16.2. The molecule has 0 bridgehead atoms. The maximum atomic E-state index is 10.9. The molecular weight excluding hydrogens is 128 g/mol. The van der Waals surface area contributed by atoms with Gasteiger partial charge in [-0.1, -0.05) is 0 Å². The lowest BCUT2D eigenvalue weighted by molar-refractivity contribution is -0.116. The third-order valence-corrected chi connectivity index (χ3v) is 1.39. The second-order valence-corrected chi connectivity index (χ2v) is 2.62. The van der Waals surface area contributed by atoms with E-state index >= 15 is 0 Å². The number of hydrogen-bond acceptors (Lipinski definition) is 2. The summed E-state index contributed by atoms with van der Waals surface area (Å²) in [6, 6.07) is 0. The Balaban J connectivity index is 2.62. The fourth-order valence-corrected chi connectivity index (χ4v) is 0.973. The van der Waals surface area contributed by atoms with Gasteiger partial charge < -0.3 is 10.2 Å². The summed E-state index contributed by atoms with van der Waals surface area (Å²) in [4.78, 5) is 12.8. The summed E-state index contributed by atoms with van der Waals surface area (Å²) in [5.74, 6) is 0.0775. The van der Waals surface area contributed by atoms with Crippen LogP contribution in [-0.2, 0) is 4.79 Å². The van der Waals surface area contributed by atoms with Crippen LogP contribution in [0.3, 0.4) is 0 Å². The number of nitrogens with zero attached hydrogens (tertiary/aromatic N) is 1. The van der Waals surface area contributed by atoms with E-state index in [4.69, 9.17) is 0 Å². The van der Waals surface area contributed by atoms with Gasteiger partial charge in [-0.25, -0.2) is 0 Å². The van der Waals surface area contributed by atoms with Gasteiger partial charge in [0.1, 0.15) is 0 Å². The fourth-order valence-electron chi connectivity index (χ4n) is 0.973. The molecule has 0 spiro atoms. The van der Waals surface area contributed by atoms with Gasteiger partial charge in [-0.15, -0.1) is 0 Å². The molecule has 0 aromatic rings. The standard InChI is InChI=1S/C7H12N2O/c1-9(2)5-6-3-4-8-7(6)10/h5H,3-4H2,1-2H3,(H,8,10)/b6-5-. The number of amides is 1. The van der Waals surface area contributed by atoms with Crippen LogP contribution in [0.1, 0.15) is 6.42 Å². The average molecular weight is 140 g/mol. The highest BCUT2D eigenvalue weighted by Gasteiger charge is 2.15. The number of carbonyl (C=O) groups excluding carboxylic acids is 1. The van der Waals surface area contributed by atoms with Crippen molar-refractivity contribution in [2.75, 3.05) is 20.6 Å². The Morgan fingerprint density at radius 3 is 2.70 bits per heavy atom. The Hall–Kier alpha value is -0.990. The van der Waals surface area contributed by atoms with E-state index < -0.39 is 0 Å². The zero-order valence-corrected chi connectivity index (χ0v) is 6.35. The van der Waals surface area contributed by atoms with Crippen molar-refractivity contribution in [2.45, 2.75) is 6.42 Å². The van der Waals surface area contributed by atoms with Crippen LogP contribution in [0.5, 0.6) is 0 Å². The molecule has 3 heteroatoms. The van der Waals surface area contributed by atoms with Crippen molar-refractivity contribution in [3.8, 4) is 0 Å². The molecule has 0 saturated carbocycles. The third kappa shape index (κ3) is 1.50. The summed E-state index contributed by atoms with van der Waals surface area (Å²) in [5.41, 5.74) is 0.880. The lowest BCUT2D eigenvalue weighted by Crippen LogP contribution is -2.15. The molecule has 0 aromatic heterocycles. The first kappa shape index (κ1) is 7.12. The smallest absolute Gasteiger partial charge is 0.248 e. The Morgan fingerprint density at radius 2 is 2.30 bits per heavy atom. The minimum absolute atomic E-state index is 0.0775. The van der Waals surface area contributed by atoms with E-state index in [2.05, 4.69) is 5.32 Å². The Morgan fingerprint density at radius 1 is 1.60 bits per heavy atom. The van der Waals surface area contributed by atoms with Crippen molar-refractivity contribution in [3.05, 3.63) is 11.8 Å². The fraction of sp³-hybridized carbons (Fsp3) is 0.571. The molecule has 0 aromatic carbocycles. The summed E-state index contributed by atoms with van der Waals surface area (Å²) in [6.07, 6.45) is 2.72. The second-order valence-electron chi connectivity index (χ2n) is 2.62. The van der Waals surface area contributed by atoms with Crippen molar-refractivity contribution in [2.24, 2.45) is 0 Å². The van der Waals surface area contributed by atoms with Crippen LogP contribution < -0.4 is 5.32 Å². The molecule has 3 nitrogen and oxygen atoms in total. The molecule has 10 heavy (non-hydrogen) atoms. The first-order valence-corrected chi connectivity index (χ1v) is 3.35. The topological polar surface area (TPSA) is 32.3 Å². The van der Waals surface area contributed by atoms with Gasteiger partial charge >= 0.3 is 0 Å². The van der Waals surface area contributed by atoms with Crippen LogP contribution in [0.25, 0.3) is 0 Å². The maximum absolute atomic E-state index is 10.9. The number of rotatable bonds is 1. The summed E-state index contributed by atoms with van der Waals surface area (Å²) in [6.45, 7) is 0.790. The van der Waals surface area contributed by atoms with E-state index in [1.54, 1.807) is 0 Å². The van der Waals surface area contributed by atoms with Crippen LogP contribution in [0.4, 0.5) is 0 Å². The van der Waals surface area contributed by atoms with Crippen molar-refractivity contribution in [1.82, 2.24) is 10.2 Å². The van der Waals surface area contributed by atoms with Gasteiger partial charge in [-0.3, -0.25) is 4.79 Å². The van der Waals surface area contributed by atoms with Crippen LogP contribution in [0, 0.1) is 0 Å². The number of nitrogens with one attached hydrogen (secondary N) is 1. The molecule has 1 aliphatic rings. The van der Waals surface area contributed by atoms with Crippen LogP contribution in [-0.4, -0.2) is 31.4 Å². The molecule has 1 N–H and O–H groups in total. The Kier molecular flexibility index (Phi) is 1.94. The van der Waals surface area contributed by atoms with Crippen molar-refractivity contribution in [3.63, 3.8) is 0 Å². The molecule has 56 valence electrons. The predicted octanol–water partition coefficient (Wildman–Crippen LogP) is -0.0482. The van der Waals surface area contributed by atoms with E-state index in [1.165, 1.54) is 0 Å². The van der Waals surface area contributed by atoms with Crippen molar-refractivity contribution >= 4 is 5.91 Å². The summed E-state index contributed by atoms with van der Waals surface area (Å²) in [5, 5.41) is 2.74. The van der Waals surface area contributed by atoms with E-state index in [0.717, 1.165) is 18.5 Å². The van der Waals surface area contributed by atoms with E-state index in [1.807, 2.05) is 25.2 Å². The number of hydrogen-bond donors (Lipinski definition) is 1. The molecule has 1 saturated heterocycles. The monoisotopic (exact) mass is 140 g/mol. The summed E-state index contributed by atoms with van der Waals surface area (Å²) in [7, 11) is 3.83. The van der Waals surface area contributed by atoms with Gasteiger partial charge in [0.05, 0.1) is 0 Å². The lowest BCUT2D eigenvalue weighted by atomic mass is 10.2. The molecule has 0 unspecified atom stereocenters. The van der Waals surface area contributed by atoms with Gasteiger partial charge in [0.2, 0.25) is 5.91 Å². The summed E-state index contributed by atoms with van der Waals surface area (Å²) >= 11 is 0. The third-order valence-electron chi connectivity index (χ3n) is 1.39. The first-order chi connectivity index (χ1) is 4.70. The van der Waals surface area contributed by atoms with Crippen LogP contribution >= 0.6 is 0 Å². The van der Waals surface area contributed by atoms with Crippen molar-refractivity contribution in [1.29, 1.82) is 0 Å². The predicted molar refractivity (Wildman–Crippen MR) is 39.4 cm³/mol. The van der Waals surface area contributed by atoms with E-state index in [-0.39, 0.29) is 5.91 Å². The highest BCUT2D eigenvalue weighted by molar-refractivity contribution is 5.95. The molecule has 0 radical (unpaired) electrons. The van der Waals surface area contributed by atoms with Crippen LogP contribution in [0.15, 0.2) is 11.8 Å². The molecule has 1 amide bonds. The van der Waals surface area contributed by atoms with E-state index in [9.17, 15) is 4.79 Å². The number of carbonyl (C=O) groups is 1. The Labute approximate surface area is 60.7 Å². The normalized spacial score (nSPS) is 21.4. The zero-order chi connectivity index (χ0) is 7.56. The maximum Gasteiger partial charge on any atom is 0.248 e. The minimum Gasteiger partial charge on any atom is -0.383 e. The Bertz CT molecular complexity index is 172. The second kappa shape index (κ2) is 2.73. The van der Waals surface area contributed by atoms with Crippen molar-refractivity contribution < 1.29 is 4.79 Å². The molecule has 1 rings (SSSR count). The first-order valence-electron chi connectivity index (χ1n) is 3.35. The molecule has 1 fully saturated rings. The quantitative estimate of drug-likeness (QED) is 0.518. The van der Waals surface area contributed by atoms with Crippen LogP contribution in [0.2, 0.25) is 0 Å². The lowest BCUT2D eigenvalue weighted by Gasteiger charge is -2.04. The molecule has 0 atom stereocenters. The van der Waals surface area contributed by atoms with Gasteiger partial charge in [-0.2, -0.15) is 0 Å². The molecule has 1 heterocycles. The minimum atomic E-state index is 0.0775. The largest absolute Gasteiger partial charge is 0.383 e. The van der Waals surface area contributed by atoms with Gasteiger partial charge in [0, 0.05) is 32.4 Å². The molecule has 0 aliphatic carbocycles. The average Bonchev–Trinajstić information content (AvgIpc) is 2.15. The van der Waals surface area contributed by atoms with Gasteiger partial charge in [0.15, 0.2) is 0 Å². The molecular formula is C7H12N2O. The zero-order valence-electron chi connectivity index (χ0n) is 6.35. The highest BCUT2D eigenvalue weighted by Crippen LogP contribution is 2.06.